The third-order valence-corrected chi connectivity index (χ3v) is 9.09. The minimum Gasteiger partial charge on any atom is -0.326 e. The number of anilines is 2. The predicted molar refractivity (Wildman–Crippen MR) is 133 cm³/mol. The molecule has 2 heterocycles. The first-order chi connectivity index (χ1) is 16.7. The largest absolute Gasteiger partial charge is 0.326 e. The standard InChI is InChI=1S/C25H31N5O5S/c1-15-14-20(27-16(2)26-15)29-36(34,35)18-8-6-17(7-9-18)28-21(31)11-13-30-22(32)19-10-12-25(5,23(30)33)24(19,3)4/h6-9,14,19H,10-13H2,1-5H3,(H,28,31)(H,26,27,29). The quantitative estimate of drug-likeness (QED) is 0.543. The van der Waals surface area contributed by atoms with Crippen molar-refractivity contribution in [2.75, 3.05) is 16.6 Å². The van der Waals surface area contributed by atoms with Crippen LogP contribution in [0.5, 0.6) is 0 Å². The lowest BCUT2D eigenvalue weighted by Crippen LogP contribution is -2.59. The molecule has 192 valence electrons. The third-order valence-electron chi connectivity index (χ3n) is 7.72. The Hall–Kier alpha value is -3.34. The molecule has 36 heavy (non-hydrogen) atoms. The van der Waals surface area contributed by atoms with Gasteiger partial charge in [0.05, 0.1) is 10.3 Å². The van der Waals surface area contributed by atoms with E-state index in [1.807, 2.05) is 20.8 Å². The molecule has 2 aliphatic rings. The fraction of sp³-hybridized carbons (Fsp3) is 0.480. The minimum absolute atomic E-state index is 0.00487. The lowest BCUT2D eigenvalue weighted by Gasteiger charge is -2.47. The number of fused-ring (bicyclic) bond motifs is 2. The molecule has 4 rings (SSSR count). The number of nitrogens with one attached hydrogen (secondary N) is 2. The maximum atomic E-state index is 13.1. The second-order valence-corrected chi connectivity index (χ2v) is 12.0. The number of aromatic nitrogens is 2. The molecule has 2 bridgehead atoms. The molecule has 3 amide bonds. The van der Waals surface area contributed by atoms with Gasteiger partial charge in [-0.05, 0) is 56.4 Å². The Bertz CT molecular complexity index is 1320. The van der Waals surface area contributed by atoms with E-state index in [-0.39, 0.29) is 47.3 Å². The van der Waals surface area contributed by atoms with Crippen LogP contribution < -0.4 is 10.0 Å². The second-order valence-electron chi connectivity index (χ2n) is 10.3. The van der Waals surface area contributed by atoms with Crippen LogP contribution >= 0.6 is 0 Å². The Morgan fingerprint density at radius 1 is 1.11 bits per heavy atom. The van der Waals surface area contributed by atoms with Gasteiger partial charge in [0.25, 0.3) is 10.0 Å². The van der Waals surface area contributed by atoms with Crippen LogP contribution in [0, 0.1) is 30.6 Å². The molecule has 2 fully saturated rings. The third kappa shape index (κ3) is 4.47. The summed E-state index contributed by atoms with van der Waals surface area (Å²) in [6.45, 7) is 9.28. The van der Waals surface area contributed by atoms with E-state index in [0.29, 0.717) is 30.0 Å². The molecule has 0 radical (unpaired) electrons. The second kappa shape index (κ2) is 8.95. The minimum atomic E-state index is -3.88. The molecule has 1 aliphatic carbocycles. The van der Waals surface area contributed by atoms with Crippen LogP contribution in [0.2, 0.25) is 0 Å². The monoisotopic (exact) mass is 513 g/mol. The number of benzene rings is 1. The Kier molecular flexibility index (Phi) is 6.40. The van der Waals surface area contributed by atoms with Crippen molar-refractivity contribution in [3.8, 4) is 0 Å². The molecule has 1 saturated heterocycles. The van der Waals surface area contributed by atoms with E-state index in [1.165, 1.54) is 35.2 Å². The molecule has 0 spiro atoms. The average molecular weight is 514 g/mol. The van der Waals surface area contributed by atoms with Crippen molar-refractivity contribution in [2.24, 2.45) is 16.7 Å². The summed E-state index contributed by atoms with van der Waals surface area (Å²) in [5.41, 5.74) is 0.0246. The molecule has 2 aromatic rings. The number of rotatable bonds is 7. The fourth-order valence-corrected chi connectivity index (χ4v) is 6.23. The summed E-state index contributed by atoms with van der Waals surface area (Å²) in [6, 6.07) is 7.23. The van der Waals surface area contributed by atoms with E-state index in [9.17, 15) is 22.8 Å². The van der Waals surface area contributed by atoms with Crippen molar-refractivity contribution in [2.45, 2.75) is 58.8 Å². The number of hydrogen-bond acceptors (Lipinski definition) is 7. The van der Waals surface area contributed by atoms with Gasteiger partial charge in [0, 0.05) is 36.3 Å². The number of sulfonamides is 1. The predicted octanol–water partition coefficient (Wildman–Crippen LogP) is 3.03. The number of carbonyl (C=O) groups excluding carboxylic acids is 3. The molecule has 2 atom stereocenters. The Morgan fingerprint density at radius 3 is 2.42 bits per heavy atom. The molecule has 1 aromatic carbocycles. The zero-order chi connectivity index (χ0) is 26.5. The zero-order valence-electron chi connectivity index (χ0n) is 21.1. The van der Waals surface area contributed by atoms with Crippen molar-refractivity contribution >= 4 is 39.3 Å². The highest BCUT2D eigenvalue weighted by Crippen LogP contribution is 2.60. The molecule has 1 aliphatic heterocycles. The average Bonchev–Trinajstić information content (AvgIpc) is 2.96. The summed E-state index contributed by atoms with van der Waals surface area (Å²) in [5.74, 6) is -0.395. The molecule has 1 aromatic heterocycles. The first-order valence-electron chi connectivity index (χ1n) is 11.9. The fourth-order valence-electron chi connectivity index (χ4n) is 5.23. The molecule has 2 N–H and O–H groups in total. The van der Waals surface area contributed by atoms with Gasteiger partial charge in [-0.3, -0.25) is 24.0 Å². The van der Waals surface area contributed by atoms with Gasteiger partial charge < -0.3 is 5.32 Å². The zero-order valence-corrected chi connectivity index (χ0v) is 21.9. The molecule has 10 nitrogen and oxygen atoms in total. The van der Waals surface area contributed by atoms with Crippen LogP contribution in [0.4, 0.5) is 11.5 Å². The summed E-state index contributed by atoms with van der Waals surface area (Å²) < 4.78 is 27.8. The first-order valence-corrected chi connectivity index (χ1v) is 13.3. The topological polar surface area (TPSA) is 138 Å². The van der Waals surface area contributed by atoms with Crippen LogP contribution in [0.25, 0.3) is 0 Å². The highest BCUT2D eigenvalue weighted by molar-refractivity contribution is 7.92. The van der Waals surface area contributed by atoms with Crippen LogP contribution in [-0.2, 0) is 24.4 Å². The summed E-state index contributed by atoms with van der Waals surface area (Å²) in [5, 5.41) is 2.69. The van der Waals surface area contributed by atoms with Crippen molar-refractivity contribution < 1.29 is 22.8 Å². The molecule has 1 saturated carbocycles. The highest BCUT2D eigenvalue weighted by Gasteiger charge is 2.64. The molecular weight excluding hydrogens is 482 g/mol. The van der Waals surface area contributed by atoms with E-state index in [0.717, 1.165) is 0 Å². The summed E-state index contributed by atoms with van der Waals surface area (Å²) >= 11 is 0. The maximum Gasteiger partial charge on any atom is 0.263 e. The van der Waals surface area contributed by atoms with Crippen LogP contribution in [0.1, 0.15) is 51.6 Å². The van der Waals surface area contributed by atoms with Crippen molar-refractivity contribution in [3.63, 3.8) is 0 Å². The normalized spacial score (nSPS) is 23.0. The van der Waals surface area contributed by atoms with Crippen LogP contribution in [-0.4, -0.2) is 47.6 Å². The number of hydrogen-bond donors (Lipinski definition) is 2. The summed E-state index contributed by atoms with van der Waals surface area (Å²) in [6.07, 6.45) is 1.30. The van der Waals surface area contributed by atoms with Gasteiger partial charge in [-0.1, -0.05) is 20.8 Å². The lowest BCUT2D eigenvalue weighted by molar-refractivity contribution is -0.167. The number of piperidine rings is 1. The number of imide groups is 1. The number of amides is 3. The highest BCUT2D eigenvalue weighted by atomic mass is 32.2. The van der Waals surface area contributed by atoms with Crippen molar-refractivity contribution in [1.29, 1.82) is 0 Å². The lowest BCUT2D eigenvalue weighted by atomic mass is 9.62. The van der Waals surface area contributed by atoms with Gasteiger partial charge >= 0.3 is 0 Å². The van der Waals surface area contributed by atoms with E-state index in [2.05, 4.69) is 20.0 Å². The first kappa shape index (κ1) is 25.7. The Labute approximate surface area is 210 Å². The SMILES string of the molecule is Cc1cc(NS(=O)(=O)c2ccc(NC(=O)CCN3C(=O)C4CCC(C)(C3=O)C4(C)C)cc2)nc(C)n1. The van der Waals surface area contributed by atoms with E-state index in [1.54, 1.807) is 13.8 Å². The number of likely N-dealkylation sites (tertiary alicyclic amines) is 1. The summed E-state index contributed by atoms with van der Waals surface area (Å²) in [7, 11) is -3.88. The maximum absolute atomic E-state index is 13.1. The Morgan fingerprint density at radius 2 is 1.78 bits per heavy atom. The van der Waals surface area contributed by atoms with E-state index in [4.69, 9.17) is 0 Å². The van der Waals surface area contributed by atoms with Gasteiger partial charge in [0.1, 0.15) is 11.6 Å². The van der Waals surface area contributed by atoms with Gasteiger partial charge in [-0.15, -0.1) is 0 Å². The van der Waals surface area contributed by atoms with Gasteiger partial charge in [-0.2, -0.15) is 0 Å². The molecular formula is C25H31N5O5S. The van der Waals surface area contributed by atoms with E-state index < -0.39 is 20.9 Å². The van der Waals surface area contributed by atoms with Gasteiger partial charge in [0.15, 0.2) is 0 Å². The van der Waals surface area contributed by atoms with E-state index >= 15 is 0 Å². The van der Waals surface area contributed by atoms with Crippen molar-refractivity contribution in [1.82, 2.24) is 14.9 Å². The Balaban J connectivity index is 1.37. The molecule has 2 unspecified atom stereocenters. The number of nitrogens with zero attached hydrogens (tertiary/aromatic N) is 3. The van der Waals surface area contributed by atoms with Gasteiger partial charge in [-0.25, -0.2) is 18.4 Å². The molecule has 11 heteroatoms. The van der Waals surface area contributed by atoms with Gasteiger partial charge in [0.2, 0.25) is 17.7 Å². The number of carbonyl (C=O) groups is 3. The smallest absolute Gasteiger partial charge is 0.263 e. The summed E-state index contributed by atoms with van der Waals surface area (Å²) in [4.78, 5) is 48.0. The number of aryl methyl sites for hydroxylation is 2. The van der Waals surface area contributed by atoms with Crippen molar-refractivity contribution in [3.05, 3.63) is 41.9 Å². The van der Waals surface area contributed by atoms with Crippen LogP contribution in [0.15, 0.2) is 35.2 Å². The van der Waals surface area contributed by atoms with Crippen LogP contribution in [0.3, 0.4) is 0 Å².